The van der Waals surface area contributed by atoms with Crippen molar-refractivity contribution in [3.63, 3.8) is 0 Å². The summed E-state index contributed by atoms with van der Waals surface area (Å²) in [7, 11) is 0. The molecule has 2 saturated heterocycles. The number of hydrogen-bond acceptors (Lipinski definition) is 6. The summed E-state index contributed by atoms with van der Waals surface area (Å²) in [5.41, 5.74) is 1.45. The first-order chi connectivity index (χ1) is 14.0. The van der Waals surface area contributed by atoms with Crippen LogP contribution >= 0.6 is 28.1 Å². The van der Waals surface area contributed by atoms with Gasteiger partial charge in [-0.25, -0.2) is 0 Å². The number of benzene rings is 1. The third kappa shape index (κ3) is 3.85. The van der Waals surface area contributed by atoms with Crippen molar-refractivity contribution < 1.29 is 18.7 Å². The van der Waals surface area contributed by atoms with Crippen LogP contribution in [0.1, 0.15) is 11.3 Å². The minimum absolute atomic E-state index is 0.0448. The number of morpholine rings is 1. The van der Waals surface area contributed by atoms with Crippen molar-refractivity contribution in [3.8, 4) is 0 Å². The average Bonchev–Trinajstić information content (AvgIpc) is 3.07. The van der Waals surface area contributed by atoms with Crippen LogP contribution in [0.15, 0.2) is 44.8 Å². The monoisotopic (exact) mass is 475 g/mol. The zero-order valence-electron chi connectivity index (χ0n) is 15.6. The molecular formula is C20H18BrN3O4S. The first-order valence-electron chi connectivity index (χ1n) is 9.05. The highest BCUT2D eigenvalue weighted by atomic mass is 79.9. The van der Waals surface area contributed by atoms with Crippen molar-refractivity contribution in [2.24, 2.45) is 0 Å². The lowest BCUT2D eigenvalue weighted by atomic mass is 10.1. The number of aryl methyl sites for hydroxylation is 1. The van der Waals surface area contributed by atoms with Crippen LogP contribution in [0.3, 0.4) is 0 Å². The number of rotatable bonds is 3. The van der Waals surface area contributed by atoms with Gasteiger partial charge in [0, 0.05) is 19.2 Å². The molecule has 7 nitrogen and oxygen atoms in total. The molecule has 2 aromatic rings. The van der Waals surface area contributed by atoms with Crippen LogP contribution in [0.5, 0.6) is 0 Å². The lowest BCUT2D eigenvalue weighted by Gasteiger charge is -2.29. The number of amides is 2. The molecule has 2 fully saturated rings. The van der Waals surface area contributed by atoms with Gasteiger partial charge in [0.2, 0.25) is 5.88 Å². The molecule has 1 N–H and O–H groups in total. The molecule has 0 aliphatic carbocycles. The van der Waals surface area contributed by atoms with Gasteiger partial charge in [-0.3, -0.25) is 19.8 Å². The molecule has 0 bridgehead atoms. The van der Waals surface area contributed by atoms with E-state index in [1.54, 1.807) is 12.1 Å². The number of hydrogen-bond donors (Lipinski definition) is 1. The van der Waals surface area contributed by atoms with Crippen LogP contribution in [-0.4, -0.2) is 43.2 Å². The molecule has 0 spiro atoms. The highest BCUT2D eigenvalue weighted by Crippen LogP contribution is 2.32. The Morgan fingerprint density at radius 3 is 2.66 bits per heavy atom. The molecule has 150 valence electrons. The number of carbonyl (C=O) groups excluding carboxylic acids is 2. The van der Waals surface area contributed by atoms with E-state index in [9.17, 15) is 9.59 Å². The molecular weight excluding hydrogens is 458 g/mol. The van der Waals surface area contributed by atoms with Crippen molar-refractivity contribution in [1.29, 1.82) is 0 Å². The number of furan rings is 1. The van der Waals surface area contributed by atoms with E-state index in [0.29, 0.717) is 43.6 Å². The molecule has 4 rings (SSSR count). The molecule has 2 amide bonds. The molecule has 3 heterocycles. The van der Waals surface area contributed by atoms with Gasteiger partial charge < -0.3 is 14.1 Å². The summed E-state index contributed by atoms with van der Waals surface area (Å²) in [6.07, 6.45) is 1.44. The van der Waals surface area contributed by atoms with Crippen molar-refractivity contribution in [3.05, 3.63) is 51.7 Å². The summed E-state index contributed by atoms with van der Waals surface area (Å²) < 4.78 is 12.0. The predicted octanol–water partition coefficient (Wildman–Crippen LogP) is 3.02. The SMILES string of the molecule is Cc1ccccc1N1C(=O)/C(=C/c2cc(Br)c(N3CCOCC3)o2)C(=O)NC1=S. The maximum absolute atomic E-state index is 13.1. The van der Waals surface area contributed by atoms with E-state index in [0.717, 1.165) is 10.0 Å². The fraction of sp³-hybridized carbons (Fsp3) is 0.250. The van der Waals surface area contributed by atoms with Crippen LogP contribution in [0.4, 0.5) is 11.6 Å². The maximum atomic E-state index is 13.1. The smallest absolute Gasteiger partial charge is 0.270 e. The van der Waals surface area contributed by atoms with Gasteiger partial charge in [-0.15, -0.1) is 0 Å². The number of ether oxygens (including phenoxy) is 1. The van der Waals surface area contributed by atoms with Crippen molar-refractivity contribution >= 4 is 62.7 Å². The summed E-state index contributed by atoms with van der Waals surface area (Å²) in [6.45, 7) is 4.53. The zero-order valence-corrected chi connectivity index (χ0v) is 18.0. The van der Waals surface area contributed by atoms with Gasteiger partial charge >= 0.3 is 0 Å². The van der Waals surface area contributed by atoms with E-state index < -0.39 is 11.8 Å². The van der Waals surface area contributed by atoms with Gasteiger partial charge in [0.15, 0.2) is 5.11 Å². The van der Waals surface area contributed by atoms with Crippen LogP contribution in [0, 0.1) is 6.92 Å². The second-order valence-electron chi connectivity index (χ2n) is 6.65. The Bertz CT molecular complexity index is 1030. The van der Waals surface area contributed by atoms with Gasteiger partial charge in [0.1, 0.15) is 11.3 Å². The highest BCUT2D eigenvalue weighted by Gasteiger charge is 2.35. The standard InChI is InChI=1S/C20H18BrN3O4S/c1-12-4-2-3-5-16(12)24-18(26)14(17(25)22-20(24)29)10-13-11-15(21)19(28-13)23-6-8-27-9-7-23/h2-5,10-11H,6-9H2,1H3,(H,22,25,29)/b14-10+. The van der Waals surface area contributed by atoms with Gasteiger partial charge in [0.25, 0.3) is 11.8 Å². The van der Waals surface area contributed by atoms with Crippen molar-refractivity contribution in [2.45, 2.75) is 6.92 Å². The van der Waals surface area contributed by atoms with Crippen LogP contribution < -0.4 is 15.1 Å². The minimum atomic E-state index is -0.551. The number of halogens is 1. The highest BCUT2D eigenvalue weighted by molar-refractivity contribution is 9.10. The predicted molar refractivity (Wildman–Crippen MR) is 117 cm³/mol. The third-order valence-corrected chi connectivity index (χ3v) is 5.58. The zero-order chi connectivity index (χ0) is 20.5. The summed E-state index contributed by atoms with van der Waals surface area (Å²) >= 11 is 8.74. The number of carbonyl (C=O) groups is 2. The normalized spacial score (nSPS) is 19.1. The Kier molecular flexibility index (Phi) is 5.53. The number of nitrogens with zero attached hydrogens (tertiary/aromatic N) is 2. The second kappa shape index (κ2) is 8.10. The summed E-state index contributed by atoms with van der Waals surface area (Å²) in [5, 5.41) is 2.65. The maximum Gasteiger partial charge on any atom is 0.270 e. The van der Waals surface area contributed by atoms with Crippen LogP contribution in [0.25, 0.3) is 6.08 Å². The van der Waals surface area contributed by atoms with E-state index in [1.807, 2.05) is 30.0 Å². The molecule has 0 atom stereocenters. The Balaban J connectivity index is 1.67. The van der Waals surface area contributed by atoms with E-state index in [4.69, 9.17) is 21.4 Å². The van der Waals surface area contributed by atoms with Crippen LogP contribution in [0.2, 0.25) is 0 Å². The molecule has 9 heteroatoms. The largest absolute Gasteiger partial charge is 0.440 e. The first kappa shape index (κ1) is 19.8. The van der Waals surface area contributed by atoms with Gasteiger partial charge in [-0.1, -0.05) is 18.2 Å². The Morgan fingerprint density at radius 2 is 1.93 bits per heavy atom. The third-order valence-electron chi connectivity index (χ3n) is 4.73. The molecule has 0 unspecified atom stereocenters. The molecule has 0 radical (unpaired) electrons. The number of thiocarbonyl (C=S) groups is 1. The minimum Gasteiger partial charge on any atom is -0.440 e. The lowest BCUT2D eigenvalue weighted by molar-refractivity contribution is -0.122. The topological polar surface area (TPSA) is 75.0 Å². The first-order valence-corrected chi connectivity index (χ1v) is 10.2. The van der Waals surface area contributed by atoms with Gasteiger partial charge in [0.05, 0.1) is 23.4 Å². The van der Waals surface area contributed by atoms with E-state index in [-0.39, 0.29) is 10.7 Å². The quantitative estimate of drug-likeness (QED) is 0.417. The Hall–Kier alpha value is -2.49. The van der Waals surface area contributed by atoms with Gasteiger partial charge in [-0.05, 0) is 52.8 Å². The fourth-order valence-electron chi connectivity index (χ4n) is 3.26. The van der Waals surface area contributed by atoms with Crippen molar-refractivity contribution in [2.75, 3.05) is 36.1 Å². The Morgan fingerprint density at radius 1 is 1.21 bits per heavy atom. The van der Waals surface area contributed by atoms with Crippen molar-refractivity contribution in [1.82, 2.24) is 5.32 Å². The second-order valence-corrected chi connectivity index (χ2v) is 7.89. The Labute approximate surface area is 181 Å². The molecule has 1 aromatic heterocycles. The molecule has 1 aromatic carbocycles. The van der Waals surface area contributed by atoms with E-state index >= 15 is 0 Å². The number of para-hydroxylation sites is 1. The van der Waals surface area contributed by atoms with E-state index in [2.05, 4.69) is 21.2 Å². The molecule has 2 aliphatic heterocycles. The van der Waals surface area contributed by atoms with E-state index in [1.165, 1.54) is 11.0 Å². The summed E-state index contributed by atoms with van der Waals surface area (Å²) in [6, 6.07) is 9.09. The molecule has 29 heavy (non-hydrogen) atoms. The summed E-state index contributed by atoms with van der Waals surface area (Å²) in [5.74, 6) is 0.00305. The number of anilines is 2. The average molecular weight is 476 g/mol. The molecule has 2 aliphatic rings. The molecule has 0 saturated carbocycles. The fourth-order valence-corrected chi connectivity index (χ4v) is 4.09. The van der Waals surface area contributed by atoms with Crippen LogP contribution in [-0.2, 0) is 14.3 Å². The summed E-state index contributed by atoms with van der Waals surface area (Å²) in [4.78, 5) is 29.0. The lowest BCUT2D eigenvalue weighted by Crippen LogP contribution is -2.54. The number of nitrogens with one attached hydrogen (secondary N) is 1. The van der Waals surface area contributed by atoms with Gasteiger partial charge in [-0.2, -0.15) is 0 Å².